The molecule has 1 unspecified atom stereocenters. The summed E-state index contributed by atoms with van der Waals surface area (Å²) in [5.74, 6) is 1.88. The fourth-order valence-electron chi connectivity index (χ4n) is 3.64. The Kier molecular flexibility index (Phi) is 2.06. The summed E-state index contributed by atoms with van der Waals surface area (Å²) in [7, 11) is 0. The maximum Gasteiger partial charge on any atom is 0.0992 e. The third kappa shape index (κ3) is 1.31. The van der Waals surface area contributed by atoms with Gasteiger partial charge in [-0.1, -0.05) is 6.42 Å². The van der Waals surface area contributed by atoms with Crippen molar-refractivity contribution in [1.82, 2.24) is 4.90 Å². The van der Waals surface area contributed by atoms with Gasteiger partial charge in [0.15, 0.2) is 0 Å². The van der Waals surface area contributed by atoms with Crippen molar-refractivity contribution in [1.29, 1.82) is 0 Å². The fourth-order valence-corrected chi connectivity index (χ4v) is 3.64. The molecule has 0 aromatic carbocycles. The standard InChI is InChI=1S/C11H19NO/c1-3-9-5-2-6-12-8-13-7-10(4-1)11(9)12/h9-11H,1-8H2/t9-,10+,11?/m0/s1. The summed E-state index contributed by atoms with van der Waals surface area (Å²) < 4.78 is 5.65. The topological polar surface area (TPSA) is 12.5 Å². The third-order valence-electron chi connectivity index (χ3n) is 4.15. The molecule has 2 nitrogen and oxygen atoms in total. The molecule has 0 amide bonds. The van der Waals surface area contributed by atoms with E-state index in [-0.39, 0.29) is 0 Å². The Morgan fingerprint density at radius 3 is 2.85 bits per heavy atom. The summed E-state index contributed by atoms with van der Waals surface area (Å²) in [6, 6.07) is 0.899. The van der Waals surface area contributed by atoms with Crippen LogP contribution in [0.1, 0.15) is 32.1 Å². The van der Waals surface area contributed by atoms with Crippen molar-refractivity contribution in [3.63, 3.8) is 0 Å². The van der Waals surface area contributed by atoms with Crippen molar-refractivity contribution in [2.75, 3.05) is 19.9 Å². The zero-order chi connectivity index (χ0) is 8.67. The minimum absolute atomic E-state index is 0.868. The average Bonchev–Trinajstić information content (AvgIpc) is 2.19. The zero-order valence-corrected chi connectivity index (χ0v) is 8.24. The molecule has 3 atom stereocenters. The molecule has 2 heterocycles. The first-order valence-electron chi connectivity index (χ1n) is 5.77. The lowest BCUT2D eigenvalue weighted by Gasteiger charge is -2.51. The molecule has 0 spiro atoms. The minimum Gasteiger partial charge on any atom is -0.366 e. The van der Waals surface area contributed by atoms with E-state index < -0.39 is 0 Å². The predicted octanol–water partition coefficient (Wildman–Crippen LogP) is 1.85. The summed E-state index contributed by atoms with van der Waals surface area (Å²) in [6.07, 6.45) is 7.23. The molecule has 0 N–H and O–H groups in total. The first-order valence-corrected chi connectivity index (χ1v) is 5.77. The number of ether oxygens (including phenoxy) is 1. The molecule has 3 aliphatic rings. The Hall–Kier alpha value is -0.0800. The van der Waals surface area contributed by atoms with Crippen LogP contribution in [0.5, 0.6) is 0 Å². The predicted molar refractivity (Wildman–Crippen MR) is 51.4 cm³/mol. The normalized spacial score (nSPS) is 45.7. The highest BCUT2D eigenvalue weighted by Crippen LogP contribution is 2.40. The van der Waals surface area contributed by atoms with E-state index in [9.17, 15) is 0 Å². The second kappa shape index (κ2) is 3.25. The van der Waals surface area contributed by atoms with Gasteiger partial charge in [0, 0.05) is 12.6 Å². The summed E-state index contributed by atoms with van der Waals surface area (Å²) in [4.78, 5) is 2.60. The lowest BCUT2D eigenvalue weighted by molar-refractivity contribution is -0.128. The van der Waals surface area contributed by atoms with Crippen LogP contribution in [0.2, 0.25) is 0 Å². The Bertz CT molecular complexity index is 149. The quantitative estimate of drug-likeness (QED) is 0.565. The molecule has 1 saturated carbocycles. The number of hydrogen-bond acceptors (Lipinski definition) is 2. The van der Waals surface area contributed by atoms with Crippen LogP contribution in [0.4, 0.5) is 0 Å². The van der Waals surface area contributed by atoms with E-state index in [0.29, 0.717) is 0 Å². The maximum absolute atomic E-state index is 5.65. The largest absolute Gasteiger partial charge is 0.366 e. The van der Waals surface area contributed by atoms with Gasteiger partial charge in [-0.15, -0.1) is 0 Å². The lowest BCUT2D eigenvalue weighted by atomic mass is 9.72. The summed E-state index contributed by atoms with van der Waals surface area (Å²) >= 11 is 0. The SMILES string of the molecule is C1C[C@H]2CCCN3COC[C@@H](C1)C23. The Morgan fingerprint density at radius 2 is 1.85 bits per heavy atom. The Morgan fingerprint density at radius 1 is 1.00 bits per heavy atom. The van der Waals surface area contributed by atoms with Crippen LogP contribution in [0, 0.1) is 11.8 Å². The van der Waals surface area contributed by atoms with Gasteiger partial charge in [-0.25, -0.2) is 0 Å². The molecule has 0 bridgehead atoms. The van der Waals surface area contributed by atoms with E-state index in [1.165, 1.54) is 38.6 Å². The van der Waals surface area contributed by atoms with Crippen LogP contribution in [-0.4, -0.2) is 30.8 Å². The van der Waals surface area contributed by atoms with Gasteiger partial charge < -0.3 is 4.74 Å². The van der Waals surface area contributed by atoms with Crippen molar-refractivity contribution >= 4 is 0 Å². The average molecular weight is 181 g/mol. The molecule has 3 rings (SSSR count). The molecule has 2 aliphatic heterocycles. The van der Waals surface area contributed by atoms with Gasteiger partial charge in [-0.05, 0) is 37.5 Å². The van der Waals surface area contributed by atoms with Gasteiger partial charge in [-0.3, -0.25) is 4.90 Å². The van der Waals surface area contributed by atoms with E-state index in [2.05, 4.69) is 4.90 Å². The number of hydrogen-bond donors (Lipinski definition) is 0. The Labute approximate surface area is 80.2 Å². The van der Waals surface area contributed by atoms with Crippen molar-refractivity contribution in [2.45, 2.75) is 38.1 Å². The van der Waals surface area contributed by atoms with E-state index >= 15 is 0 Å². The maximum atomic E-state index is 5.65. The first-order chi connectivity index (χ1) is 6.45. The van der Waals surface area contributed by atoms with Gasteiger partial charge in [0.25, 0.3) is 0 Å². The van der Waals surface area contributed by atoms with E-state index in [1.807, 2.05) is 0 Å². The summed E-state index contributed by atoms with van der Waals surface area (Å²) in [5.41, 5.74) is 0. The van der Waals surface area contributed by atoms with Crippen molar-refractivity contribution in [2.24, 2.45) is 11.8 Å². The molecule has 3 fully saturated rings. The fraction of sp³-hybridized carbons (Fsp3) is 1.00. The van der Waals surface area contributed by atoms with Gasteiger partial charge >= 0.3 is 0 Å². The van der Waals surface area contributed by atoms with Crippen LogP contribution in [0.15, 0.2) is 0 Å². The van der Waals surface area contributed by atoms with Crippen LogP contribution in [0.25, 0.3) is 0 Å². The molecule has 0 radical (unpaired) electrons. The molecule has 2 heteroatoms. The van der Waals surface area contributed by atoms with Gasteiger partial charge in [-0.2, -0.15) is 0 Å². The van der Waals surface area contributed by atoms with Crippen LogP contribution in [-0.2, 0) is 4.74 Å². The third-order valence-corrected chi connectivity index (χ3v) is 4.15. The van der Waals surface area contributed by atoms with Crippen LogP contribution >= 0.6 is 0 Å². The molecule has 2 saturated heterocycles. The molecule has 1 aliphatic carbocycles. The molecule has 0 aromatic rings. The van der Waals surface area contributed by atoms with Crippen molar-refractivity contribution < 1.29 is 4.74 Å². The van der Waals surface area contributed by atoms with Crippen molar-refractivity contribution in [3.8, 4) is 0 Å². The highest BCUT2D eigenvalue weighted by molar-refractivity contribution is 4.93. The molecule has 0 aromatic heterocycles. The van der Waals surface area contributed by atoms with Crippen LogP contribution < -0.4 is 0 Å². The summed E-state index contributed by atoms with van der Waals surface area (Å²) in [6.45, 7) is 3.24. The van der Waals surface area contributed by atoms with Crippen molar-refractivity contribution in [3.05, 3.63) is 0 Å². The van der Waals surface area contributed by atoms with Crippen LogP contribution in [0.3, 0.4) is 0 Å². The number of nitrogens with zero attached hydrogens (tertiary/aromatic N) is 1. The molecule has 13 heavy (non-hydrogen) atoms. The molecular formula is C11H19NO. The smallest absolute Gasteiger partial charge is 0.0992 e. The lowest BCUT2D eigenvalue weighted by Crippen LogP contribution is -2.56. The zero-order valence-electron chi connectivity index (χ0n) is 8.24. The van der Waals surface area contributed by atoms with E-state index in [4.69, 9.17) is 4.74 Å². The van der Waals surface area contributed by atoms with Gasteiger partial charge in [0.1, 0.15) is 0 Å². The summed E-state index contributed by atoms with van der Waals surface area (Å²) in [5, 5.41) is 0. The Balaban J connectivity index is 1.82. The number of piperidine rings is 1. The molecular weight excluding hydrogens is 162 g/mol. The van der Waals surface area contributed by atoms with Gasteiger partial charge in [0.2, 0.25) is 0 Å². The number of rotatable bonds is 0. The second-order valence-corrected chi connectivity index (χ2v) is 4.90. The second-order valence-electron chi connectivity index (χ2n) is 4.90. The molecule has 74 valence electrons. The monoisotopic (exact) mass is 181 g/mol. The highest BCUT2D eigenvalue weighted by Gasteiger charge is 2.41. The van der Waals surface area contributed by atoms with E-state index in [1.54, 1.807) is 0 Å². The van der Waals surface area contributed by atoms with Gasteiger partial charge in [0.05, 0.1) is 13.3 Å². The van der Waals surface area contributed by atoms with E-state index in [0.717, 1.165) is 31.2 Å². The highest BCUT2D eigenvalue weighted by atomic mass is 16.5. The first kappa shape index (κ1) is 8.25. The minimum atomic E-state index is 0.868.